The zero-order valence-corrected chi connectivity index (χ0v) is 12.6. The molecule has 2 rings (SSSR count). The van der Waals surface area contributed by atoms with Crippen LogP contribution in [0, 0.1) is 13.8 Å². The van der Waals surface area contributed by atoms with Crippen LogP contribution in [0.5, 0.6) is 0 Å². The maximum Gasteiger partial charge on any atom is 0.310 e. The molecule has 0 saturated carbocycles. The summed E-state index contributed by atoms with van der Waals surface area (Å²) >= 11 is 0. The summed E-state index contributed by atoms with van der Waals surface area (Å²) in [5, 5.41) is 0. The zero-order chi connectivity index (χ0) is 15.4. The van der Waals surface area contributed by atoms with E-state index in [9.17, 15) is 9.59 Å². The second-order valence-corrected chi connectivity index (χ2v) is 4.33. The quantitative estimate of drug-likeness (QED) is 0.540. The van der Waals surface area contributed by atoms with Gasteiger partial charge >= 0.3 is 11.9 Å². The van der Waals surface area contributed by atoms with Gasteiger partial charge in [0, 0.05) is 38.4 Å². The standard InChI is InChI=1S/C7H9N.C4H6O3.C4H8O/c1-6-4-3-5-7(2)8-6;1-3(5)7-4(2)6;1-2-4-5-3-1/h3-5H,1-2H3;1-2H3;1-4H2. The van der Waals surface area contributed by atoms with Gasteiger partial charge in [-0.3, -0.25) is 14.6 Å². The molecule has 0 aliphatic carbocycles. The molecule has 1 aromatic heterocycles. The molecule has 0 aromatic carbocycles. The Balaban J connectivity index is 0.000000278. The molecule has 0 bridgehead atoms. The average Bonchev–Trinajstić information content (AvgIpc) is 2.85. The minimum Gasteiger partial charge on any atom is -0.394 e. The Morgan fingerprint density at radius 3 is 1.65 bits per heavy atom. The first-order chi connectivity index (χ1) is 9.41. The van der Waals surface area contributed by atoms with Crippen LogP contribution >= 0.6 is 0 Å². The first kappa shape index (κ1) is 18.2. The van der Waals surface area contributed by atoms with E-state index >= 15 is 0 Å². The summed E-state index contributed by atoms with van der Waals surface area (Å²) in [5.41, 5.74) is 2.18. The number of aryl methyl sites for hydroxylation is 2. The van der Waals surface area contributed by atoms with Gasteiger partial charge < -0.3 is 9.47 Å². The van der Waals surface area contributed by atoms with Gasteiger partial charge in [-0.05, 0) is 38.8 Å². The minimum atomic E-state index is -0.562. The average molecular weight is 281 g/mol. The van der Waals surface area contributed by atoms with Crippen LogP contribution in [-0.2, 0) is 19.1 Å². The first-order valence-corrected chi connectivity index (χ1v) is 6.59. The van der Waals surface area contributed by atoms with Gasteiger partial charge in [-0.15, -0.1) is 0 Å². The Hall–Kier alpha value is -1.75. The number of hydrogen-bond donors (Lipinski definition) is 0. The highest BCUT2D eigenvalue weighted by atomic mass is 16.6. The van der Waals surface area contributed by atoms with Crippen LogP contribution in [0.1, 0.15) is 38.1 Å². The van der Waals surface area contributed by atoms with Gasteiger partial charge in [0.05, 0.1) is 0 Å². The molecule has 0 atom stereocenters. The summed E-state index contributed by atoms with van der Waals surface area (Å²) in [4.78, 5) is 23.8. The number of hydrogen-bond acceptors (Lipinski definition) is 5. The molecule has 5 heteroatoms. The molecule has 0 spiro atoms. The van der Waals surface area contributed by atoms with Crippen molar-refractivity contribution in [2.24, 2.45) is 0 Å². The van der Waals surface area contributed by atoms with Gasteiger partial charge in [0.1, 0.15) is 0 Å². The van der Waals surface area contributed by atoms with Crippen LogP contribution in [0.3, 0.4) is 0 Å². The van der Waals surface area contributed by atoms with E-state index in [-0.39, 0.29) is 0 Å². The van der Waals surface area contributed by atoms with Crippen molar-refractivity contribution in [3.63, 3.8) is 0 Å². The van der Waals surface area contributed by atoms with E-state index in [2.05, 4.69) is 9.72 Å². The van der Waals surface area contributed by atoms with Crippen molar-refractivity contribution in [2.75, 3.05) is 13.2 Å². The summed E-state index contributed by atoms with van der Waals surface area (Å²) in [5.74, 6) is -1.12. The number of rotatable bonds is 0. The van der Waals surface area contributed by atoms with Crippen molar-refractivity contribution in [3.8, 4) is 0 Å². The fourth-order valence-electron chi connectivity index (χ4n) is 1.39. The Kier molecular flexibility index (Phi) is 10.1. The molecule has 0 unspecified atom stereocenters. The van der Waals surface area contributed by atoms with Gasteiger partial charge in [-0.25, -0.2) is 0 Å². The van der Waals surface area contributed by atoms with E-state index in [0.29, 0.717) is 0 Å². The number of ether oxygens (including phenoxy) is 2. The monoisotopic (exact) mass is 281 g/mol. The highest BCUT2D eigenvalue weighted by Gasteiger charge is 1.95. The lowest BCUT2D eigenvalue weighted by Crippen LogP contribution is -2.03. The summed E-state index contributed by atoms with van der Waals surface area (Å²) in [6, 6.07) is 6.00. The number of esters is 2. The molecule has 0 radical (unpaired) electrons. The first-order valence-electron chi connectivity index (χ1n) is 6.59. The van der Waals surface area contributed by atoms with E-state index in [0.717, 1.165) is 24.6 Å². The van der Waals surface area contributed by atoms with Crippen molar-refractivity contribution >= 4 is 11.9 Å². The number of pyridine rings is 1. The summed E-state index contributed by atoms with van der Waals surface area (Å²) in [6.45, 7) is 8.35. The molecular formula is C15H23NO4. The fourth-order valence-corrected chi connectivity index (χ4v) is 1.39. The Labute approximate surface area is 120 Å². The van der Waals surface area contributed by atoms with E-state index in [4.69, 9.17) is 4.74 Å². The summed E-state index contributed by atoms with van der Waals surface area (Å²) in [7, 11) is 0. The molecular weight excluding hydrogens is 258 g/mol. The summed E-state index contributed by atoms with van der Waals surface area (Å²) < 4.78 is 8.92. The van der Waals surface area contributed by atoms with Gasteiger partial charge in [0.2, 0.25) is 0 Å². The lowest BCUT2D eigenvalue weighted by Gasteiger charge is -1.90. The van der Waals surface area contributed by atoms with Gasteiger partial charge in [0.25, 0.3) is 0 Å². The van der Waals surface area contributed by atoms with E-state index in [1.165, 1.54) is 26.7 Å². The van der Waals surface area contributed by atoms with Gasteiger partial charge in [-0.2, -0.15) is 0 Å². The topological polar surface area (TPSA) is 65.5 Å². The Morgan fingerprint density at radius 1 is 1.05 bits per heavy atom. The molecule has 2 heterocycles. The highest BCUT2D eigenvalue weighted by molar-refractivity contribution is 5.82. The molecule has 20 heavy (non-hydrogen) atoms. The molecule has 1 aliphatic rings. The van der Waals surface area contributed by atoms with E-state index in [1.54, 1.807) is 0 Å². The van der Waals surface area contributed by atoms with Crippen LogP contribution in [0.15, 0.2) is 18.2 Å². The molecule has 1 fully saturated rings. The third-order valence-corrected chi connectivity index (χ3v) is 2.14. The maximum atomic E-state index is 9.81. The lowest BCUT2D eigenvalue weighted by molar-refractivity contribution is -0.156. The van der Waals surface area contributed by atoms with E-state index < -0.39 is 11.9 Å². The lowest BCUT2D eigenvalue weighted by atomic mass is 10.3. The molecule has 0 N–H and O–H groups in total. The number of aromatic nitrogens is 1. The summed E-state index contributed by atoms with van der Waals surface area (Å²) in [6.07, 6.45) is 2.56. The third-order valence-electron chi connectivity index (χ3n) is 2.14. The van der Waals surface area contributed by atoms with Gasteiger partial charge in [0.15, 0.2) is 0 Å². The van der Waals surface area contributed by atoms with E-state index in [1.807, 2.05) is 32.0 Å². The second kappa shape index (κ2) is 11.1. The molecule has 112 valence electrons. The number of carbonyl (C=O) groups is 2. The molecule has 1 saturated heterocycles. The van der Waals surface area contributed by atoms with Crippen LogP contribution in [0.4, 0.5) is 0 Å². The molecule has 1 aromatic rings. The highest BCUT2D eigenvalue weighted by Crippen LogP contribution is 1.98. The molecule has 5 nitrogen and oxygen atoms in total. The predicted octanol–water partition coefficient (Wildman–Crippen LogP) is 2.59. The third kappa shape index (κ3) is 12.7. The molecule has 1 aliphatic heterocycles. The van der Waals surface area contributed by atoms with Crippen molar-refractivity contribution in [1.29, 1.82) is 0 Å². The SMILES string of the molecule is C1CCOC1.CC(=O)OC(C)=O.Cc1cccc(C)n1. The number of nitrogens with zero attached hydrogens (tertiary/aromatic N) is 1. The Bertz CT molecular complexity index is 377. The normalized spacial score (nSPS) is 12.4. The van der Waals surface area contributed by atoms with Crippen molar-refractivity contribution in [2.45, 2.75) is 40.5 Å². The van der Waals surface area contributed by atoms with Crippen LogP contribution in [0.2, 0.25) is 0 Å². The minimum absolute atomic E-state index is 0.562. The second-order valence-electron chi connectivity index (χ2n) is 4.33. The maximum absolute atomic E-state index is 9.81. The Morgan fingerprint density at radius 2 is 1.50 bits per heavy atom. The fraction of sp³-hybridized carbons (Fsp3) is 0.533. The predicted molar refractivity (Wildman–Crippen MR) is 76.2 cm³/mol. The number of carbonyl (C=O) groups excluding carboxylic acids is 2. The van der Waals surface area contributed by atoms with Crippen molar-refractivity contribution < 1.29 is 19.1 Å². The van der Waals surface area contributed by atoms with Crippen molar-refractivity contribution in [3.05, 3.63) is 29.6 Å². The largest absolute Gasteiger partial charge is 0.394 e. The smallest absolute Gasteiger partial charge is 0.310 e. The van der Waals surface area contributed by atoms with Crippen LogP contribution in [-0.4, -0.2) is 30.1 Å². The van der Waals surface area contributed by atoms with Gasteiger partial charge in [-0.1, -0.05) is 6.07 Å². The van der Waals surface area contributed by atoms with Crippen LogP contribution in [0.25, 0.3) is 0 Å². The van der Waals surface area contributed by atoms with Crippen LogP contribution < -0.4 is 0 Å². The van der Waals surface area contributed by atoms with Crippen molar-refractivity contribution in [1.82, 2.24) is 4.98 Å². The zero-order valence-electron chi connectivity index (χ0n) is 12.6. The molecule has 0 amide bonds.